The van der Waals surface area contributed by atoms with Crippen molar-refractivity contribution in [2.24, 2.45) is 11.0 Å². The van der Waals surface area contributed by atoms with Gasteiger partial charge < -0.3 is 29.9 Å². The molecular weight excluding hydrogens is 380 g/mol. The van der Waals surface area contributed by atoms with Crippen molar-refractivity contribution in [3.63, 3.8) is 0 Å². The third kappa shape index (κ3) is 5.52. The highest BCUT2D eigenvalue weighted by molar-refractivity contribution is 5.94. The van der Waals surface area contributed by atoms with Crippen molar-refractivity contribution in [1.29, 1.82) is 0 Å². The van der Waals surface area contributed by atoms with E-state index in [1.165, 1.54) is 43.5 Å². The molecule has 5 N–H and O–H groups in total. The van der Waals surface area contributed by atoms with E-state index >= 15 is 0 Å². The molecule has 2 fully saturated rings. The van der Waals surface area contributed by atoms with Gasteiger partial charge in [-0.05, 0) is 43.0 Å². The average molecular weight is 408 g/mol. The summed E-state index contributed by atoms with van der Waals surface area (Å²) in [7, 11) is 0. The third-order valence-corrected chi connectivity index (χ3v) is 5.32. The van der Waals surface area contributed by atoms with Crippen LogP contribution in [0.3, 0.4) is 0 Å². The molecule has 1 aromatic rings. The van der Waals surface area contributed by atoms with Crippen LogP contribution in [-0.4, -0.2) is 69.9 Å². The van der Waals surface area contributed by atoms with Gasteiger partial charge in [0.25, 0.3) is 5.91 Å². The highest BCUT2D eigenvalue weighted by Crippen LogP contribution is 2.24. The molecule has 160 valence electrons. The number of carbonyl (C=O) groups excluding carboxylic acids is 1. The molecule has 1 aromatic carbocycles. The molecule has 29 heavy (non-hydrogen) atoms. The van der Waals surface area contributed by atoms with Gasteiger partial charge in [0.15, 0.2) is 0 Å². The van der Waals surface area contributed by atoms with Crippen molar-refractivity contribution >= 4 is 12.1 Å². The van der Waals surface area contributed by atoms with Crippen molar-refractivity contribution in [2.75, 3.05) is 6.61 Å². The Bertz CT molecular complexity index is 689. The molecule has 0 radical (unpaired) electrons. The van der Waals surface area contributed by atoms with Gasteiger partial charge >= 0.3 is 0 Å². The number of aliphatic hydroxyl groups excluding tert-OH is 4. The lowest BCUT2D eigenvalue weighted by Gasteiger charge is -2.39. The fraction of sp³-hybridized carbons (Fsp3) is 0.600. The van der Waals surface area contributed by atoms with E-state index in [0.717, 1.165) is 12.8 Å². The van der Waals surface area contributed by atoms with Gasteiger partial charge in [0, 0.05) is 11.8 Å². The summed E-state index contributed by atoms with van der Waals surface area (Å²) in [5, 5.41) is 42.9. The van der Waals surface area contributed by atoms with Gasteiger partial charge in [-0.25, -0.2) is 5.43 Å². The van der Waals surface area contributed by atoms with E-state index in [-0.39, 0.29) is 11.7 Å². The monoisotopic (exact) mass is 408 g/mol. The topological polar surface area (TPSA) is 141 Å². The van der Waals surface area contributed by atoms with E-state index in [9.17, 15) is 25.2 Å². The molecule has 9 nitrogen and oxygen atoms in total. The average Bonchev–Trinajstić information content (AvgIpc) is 2.75. The second kappa shape index (κ2) is 10.1. The van der Waals surface area contributed by atoms with Crippen molar-refractivity contribution in [3.05, 3.63) is 29.8 Å². The lowest BCUT2D eigenvalue weighted by molar-refractivity contribution is -0.277. The van der Waals surface area contributed by atoms with Crippen LogP contribution in [-0.2, 0) is 4.74 Å². The van der Waals surface area contributed by atoms with Crippen LogP contribution in [0.25, 0.3) is 0 Å². The van der Waals surface area contributed by atoms with Gasteiger partial charge in [-0.3, -0.25) is 4.79 Å². The molecule has 1 heterocycles. The molecule has 3 rings (SSSR count). The zero-order valence-electron chi connectivity index (χ0n) is 16.1. The minimum atomic E-state index is -1.52. The van der Waals surface area contributed by atoms with E-state index < -0.39 is 37.3 Å². The zero-order chi connectivity index (χ0) is 20.8. The first kappa shape index (κ1) is 21.7. The van der Waals surface area contributed by atoms with Gasteiger partial charge in [-0.2, -0.15) is 5.10 Å². The number of rotatable bonds is 6. The number of nitrogens with zero attached hydrogens (tertiary/aromatic N) is 1. The first-order valence-electron chi connectivity index (χ1n) is 9.90. The van der Waals surface area contributed by atoms with Crippen LogP contribution >= 0.6 is 0 Å². The maximum Gasteiger partial charge on any atom is 0.271 e. The quantitative estimate of drug-likeness (QED) is 0.334. The number of amides is 1. The molecule has 0 aromatic heterocycles. The molecule has 0 bridgehead atoms. The smallest absolute Gasteiger partial charge is 0.271 e. The number of nitrogens with one attached hydrogen (secondary N) is 1. The normalized spacial score (nSPS) is 31.0. The number of ether oxygens (including phenoxy) is 2. The number of aliphatic hydroxyl groups is 4. The molecule has 1 saturated heterocycles. The lowest BCUT2D eigenvalue weighted by atomic mass is 9.90. The lowest BCUT2D eigenvalue weighted by Crippen LogP contribution is -2.60. The first-order chi connectivity index (χ1) is 14.0. The maximum absolute atomic E-state index is 12.2. The number of carbonyl (C=O) groups is 1. The first-order valence-corrected chi connectivity index (χ1v) is 9.90. The molecule has 9 heteroatoms. The summed E-state index contributed by atoms with van der Waals surface area (Å²) < 4.78 is 10.8. The van der Waals surface area contributed by atoms with Crippen molar-refractivity contribution in [1.82, 2.24) is 5.43 Å². The van der Waals surface area contributed by atoms with Gasteiger partial charge in [0.05, 0.1) is 6.61 Å². The van der Waals surface area contributed by atoms with Crippen LogP contribution in [0, 0.1) is 5.92 Å². The van der Waals surface area contributed by atoms with E-state index in [0.29, 0.717) is 11.5 Å². The van der Waals surface area contributed by atoms with Gasteiger partial charge in [-0.15, -0.1) is 0 Å². The summed E-state index contributed by atoms with van der Waals surface area (Å²) in [5.74, 6) is 0.353. The third-order valence-electron chi connectivity index (χ3n) is 5.32. The highest BCUT2D eigenvalue weighted by atomic mass is 16.7. The maximum atomic E-state index is 12.2. The van der Waals surface area contributed by atoms with Gasteiger partial charge in [0.2, 0.25) is 6.29 Å². The molecule has 1 amide bonds. The largest absolute Gasteiger partial charge is 0.462 e. The Morgan fingerprint density at radius 2 is 1.79 bits per heavy atom. The van der Waals surface area contributed by atoms with Crippen molar-refractivity contribution in [2.45, 2.75) is 62.8 Å². The molecule has 1 aliphatic carbocycles. The molecule has 0 unspecified atom stereocenters. The standard InChI is InChI=1S/C20H28N2O7/c23-11-15-16(24)17(25)18(26)20(29-15)28-14-8-6-13(7-9-14)19(27)22-21-10-12-4-2-1-3-5-12/h6-10,12,15-18,20,23-26H,1-5,11H2,(H,22,27)/b21-10+/t15-,16-,17+,18-,20-/m1/s1. The fourth-order valence-corrected chi connectivity index (χ4v) is 3.53. The fourth-order valence-electron chi connectivity index (χ4n) is 3.53. The van der Waals surface area contributed by atoms with Gasteiger partial charge in [0.1, 0.15) is 30.2 Å². The van der Waals surface area contributed by atoms with Crippen LogP contribution in [0.1, 0.15) is 42.5 Å². The Morgan fingerprint density at radius 1 is 1.10 bits per heavy atom. The van der Waals surface area contributed by atoms with Crippen LogP contribution in [0.15, 0.2) is 29.4 Å². The Kier molecular flexibility index (Phi) is 7.57. The molecule has 2 aliphatic rings. The van der Waals surface area contributed by atoms with E-state index in [1.54, 1.807) is 6.21 Å². The molecule has 0 spiro atoms. The van der Waals surface area contributed by atoms with E-state index in [1.807, 2.05) is 0 Å². The Hall–Kier alpha value is -2.04. The minimum absolute atomic E-state index is 0.289. The second-order valence-corrected chi connectivity index (χ2v) is 7.46. The predicted molar refractivity (Wildman–Crippen MR) is 103 cm³/mol. The van der Waals surface area contributed by atoms with Crippen molar-refractivity contribution in [3.8, 4) is 5.75 Å². The number of hydrazone groups is 1. The Morgan fingerprint density at radius 3 is 2.45 bits per heavy atom. The van der Waals surface area contributed by atoms with Crippen LogP contribution in [0.5, 0.6) is 5.75 Å². The molecule has 1 aliphatic heterocycles. The van der Waals surface area contributed by atoms with Gasteiger partial charge in [-0.1, -0.05) is 19.3 Å². The summed E-state index contributed by atoms with van der Waals surface area (Å²) in [6.45, 7) is -0.536. The van der Waals surface area contributed by atoms with E-state index in [2.05, 4.69) is 10.5 Å². The number of hydrogen-bond acceptors (Lipinski definition) is 8. The molecule has 5 atom stereocenters. The van der Waals surface area contributed by atoms with Crippen molar-refractivity contribution < 1.29 is 34.7 Å². The summed E-state index contributed by atoms with van der Waals surface area (Å²) in [5.41, 5.74) is 2.90. The van der Waals surface area contributed by atoms with Crippen LogP contribution in [0.2, 0.25) is 0 Å². The number of benzene rings is 1. The predicted octanol–water partition coefficient (Wildman–Crippen LogP) is 0.161. The minimum Gasteiger partial charge on any atom is -0.462 e. The summed E-state index contributed by atoms with van der Waals surface area (Å²) in [4.78, 5) is 12.2. The number of hydrogen-bond donors (Lipinski definition) is 5. The molecular formula is C20H28N2O7. The van der Waals surface area contributed by atoms with Crippen LogP contribution < -0.4 is 10.2 Å². The summed E-state index contributed by atoms with van der Waals surface area (Å²) in [6, 6.07) is 6.10. The summed E-state index contributed by atoms with van der Waals surface area (Å²) >= 11 is 0. The SMILES string of the molecule is O=C(N/N=C/C1CCCCC1)c1ccc(O[C@@H]2O[C@H](CO)[C@@H](O)[C@H](O)[C@H]2O)cc1. The van der Waals surface area contributed by atoms with Crippen LogP contribution in [0.4, 0.5) is 0 Å². The summed E-state index contributed by atoms with van der Waals surface area (Å²) in [6.07, 6.45) is 0.865. The Labute approximate surface area is 169 Å². The zero-order valence-corrected chi connectivity index (χ0v) is 16.1. The van der Waals surface area contributed by atoms with E-state index in [4.69, 9.17) is 9.47 Å². The molecule has 1 saturated carbocycles. The second-order valence-electron chi connectivity index (χ2n) is 7.46. The highest BCUT2D eigenvalue weighted by Gasteiger charge is 2.44. The Balaban J connectivity index is 1.54.